The Morgan fingerprint density at radius 2 is 2.25 bits per heavy atom. The van der Waals surface area contributed by atoms with Crippen molar-refractivity contribution in [3.05, 3.63) is 36.4 Å². The van der Waals surface area contributed by atoms with Gasteiger partial charge in [0.1, 0.15) is 12.4 Å². The molecule has 1 aromatic carbocycles. The van der Waals surface area contributed by atoms with E-state index in [1.807, 2.05) is 32.0 Å². The fraction of sp³-hybridized carbons (Fsp3) is 0.308. The van der Waals surface area contributed by atoms with Gasteiger partial charge in [0.2, 0.25) is 5.91 Å². The molecule has 0 heterocycles. The van der Waals surface area contributed by atoms with Crippen molar-refractivity contribution in [3.8, 4) is 5.75 Å². The van der Waals surface area contributed by atoms with Gasteiger partial charge in [-0.05, 0) is 24.6 Å². The highest BCUT2D eigenvalue weighted by atomic mass is 16.5. The maximum Gasteiger partial charge on any atom is 0.224 e. The molecule has 0 aromatic heterocycles. The maximum absolute atomic E-state index is 11.2. The van der Waals surface area contributed by atoms with E-state index < -0.39 is 0 Å². The minimum absolute atomic E-state index is 0.00273. The van der Waals surface area contributed by atoms with E-state index in [4.69, 9.17) is 4.74 Å². The van der Waals surface area contributed by atoms with Crippen molar-refractivity contribution in [2.24, 2.45) is 0 Å². The largest absolute Gasteiger partial charge is 0.489 e. The molecule has 1 aromatic rings. The third kappa shape index (κ3) is 4.17. The fourth-order valence-electron chi connectivity index (χ4n) is 1.12. The van der Waals surface area contributed by atoms with Gasteiger partial charge < -0.3 is 10.1 Å². The van der Waals surface area contributed by atoms with Crippen LogP contribution in [0.4, 0.5) is 5.69 Å². The first-order valence-corrected chi connectivity index (χ1v) is 5.29. The monoisotopic (exact) mass is 219 g/mol. The first kappa shape index (κ1) is 12.3. The second-order valence-electron chi connectivity index (χ2n) is 3.68. The van der Waals surface area contributed by atoms with Gasteiger partial charge in [-0.15, -0.1) is 0 Å². The smallest absolute Gasteiger partial charge is 0.224 e. The van der Waals surface area contributed by atoms with E-state index >= 15 is 0 Å². The Morgan fingerprint density at radius 3 is 2.88 bits per heavy atom. The number of ether oxygens (including phenoxy) is 1. The van der Waals surface area contributed by atoms with Gasteiger partial charge >= 0.3 is 0 Å². The summed E-state index contributed by atoms with van der Waals surface area (Å²) < 4.78 is 5.47. The summed E-state index contributed by atoms with van der Waals surface area (Å²) in [7, 11) is 0. The Hall–Kier alpha value is -1.77. The molecule has 0 radical (unpaired) electrons. The summed E-state index contributed by atoms with van der Waals surface area (Å²) >= 11 is 0. The van der Waals surface area contributed by atoms with E-state index in [9.17, 15) is 4.79 Å². The van der Waals surface area contributed by atoms with E-state index in [0.717, 1.165) is 17.0 Å². The average molecular weight is 219 g/mol. The van der Waals surface area contributed by atoms with Gasteiger partial charge in [0.15, 0.2) is 0 Å². The molecular weight excluding hydrogens is 202 g/mol. The third-order valence-corrected chi connectivity index (χ3v) is 1.92. The Morgan fingerprint density at radius 1 is 1.50 bits per heavy atom. The van der Waals surface area contributed by atoms with Crippen LogP contribution in [-0.4, -0.2) is 12.5 Å². The molecule has 0 aliphatic carbocycles. The van der Waals surface area contributed by atoms with E-state index in [0.29, 0.717) is 13.0 Å². The highest BCUT2D eigenvalue weighted by Crippen LogP contribution is 2.17. The Bertz CT molecular complexity index is 385. The van der Waals surface area contributed by atoms with E-state index in [2.05, 4.69) is 11.9 Å². The Kier molecular flexibility index (Phi) is 4.58. The number of hydrogen-bond acceptors (Lipinski definition) is 2. The van der Waals surface area contributed by atoms with E-state index in [1.165, 1.54) is 0 Å². The minimum Gasteiger partial charge on any atom is -0.489 e. The van der Waals surface area contributed by atoms with Crippen LogP contribution < -0.4 is 10.1 Å². The molecule has 0 bridgehead atoms. The lowest BCUT2D eigenvalue weighted by Gasteiger charge is -2.08. The molecule has 86 valence electrons. The second kappa shape index (κ2) is 5.95. The zero-order valence-corrected chi connectivity index (χ0v) is 9.75. The van der Waals surface area contributed by atoms with Crippen LogP contribution in [0.1, 0.15) is 20.3 Å². The number of amides is 1. The van der Waals surface area contributed by atoms with Gasteiger partial charge in [0, 0.05) is 18.2 Å². The van der Waals surface area contributed by atoms with Gasteiger partial charge in [-0.1, -0.05) is 19.6 Å². The lowest BCUT2D eigenvalue weighted by atomic mass is 10.3. The molecular formula is C13H17NO2. The molecule has 0 saturated carbocycles. The molecule has 0 aliphatic rings. The number of benzene rings is 1. The summed E-state index contributed by atoms with van der Waals surface area (Å²) in [5.74, 6) is 0.731. The van der Waals surface area contributed by atoms with Crippen LogP contribution in [0.15, 0.2) is 36.4 Å². The minimum atomic E-state index is -0.00273. The molecule has 3 nitrogen and oxygen atoms in total. The summed E-state index contributed by atoms with van der Waals surface area (Å²) in [6.45, 7) is 7.97. The molecule has 1 rings (SSSR count). The van der Waals surface area contributed by atoms with Crippen molar-refractivity contribution in [2.45, 2.75) is 20.3 Å². The molecule has 0 aliphatic heterocycles. The van der Waals surface area contributed by atoms with Gasteiger partial charge in [-0.2, -0.15) is 0 Å². The van der Waals surface area contributed by atoms with Crippen LogP contribution in [-0.2, 0) is 4.79 Å². The molecule has 0 atom stereocenters. The van der Waals surface area contributed by atoms with Crippen LogP contribution in [0.25, 0.3) is 0 Å². The zero-order chi connectivity index (χ0) is 12.0. The van der Waals surface area contributed by atoms with Gasteiger partial charge in [0.25, 0.3) is 0 Å². The van der Waals surface area contributed by atoms with Crippen LogP contribution in [0, 0.1) is 0 Å². The van der Waals surface area contributed by atoms with Crippen LogP contribution in [0.5, 0.6) is 5.75 Å². The topological polar surface area (TPSA) is 38.3 Å². The summed E-state index contributed by atoms with van der Waals surface area (Å²) in [5.41, 5.74) is 1.72. The van der Waals surface area contributed by atoms with Crippen LogP contribution in [0.3, 0.4) is 0 Å². The van der Waals surface area contributed by atoms with Gasteiger partial charge in [-0.3, -0.25) is 4.79 Å². The summed E-state index contributed by atoms with van der Waals surface area (Å²) in [6.07, 6.45) is 0.469. The maximum atomic E-state index is 11.2. The first-order valence-electron chi connectivity index (χ1n) is 5.29. The van der Waals surface area contributed by atoms with Crippen molar-refractivity contribution in [1.82, 2.24) is 0 Å². The molecule has 0 fully saturated rings. The standard InChI is InChI=1S/C13H17NO2/c1-4-13(15)14-11-6-5-7-12(8-11)16-9-10(2)3/h5-8H,2,4,9H2,1,3H3,(H,14,15). The number of rotatable bonds is 5. The number of hydrogen-bond donors (Lipinski definition) is 1. The van der Waals surface area contributed by atoms with Crippen molar-refractivity contribution < 1.29 is 9.53 Å². The van der Waals surface area contributed by atoms with Crippen LogP contribution in [0.2, 0.25) is 0 Å². The molecule has 0 spiro atoms. The lowest BCUT2D eigenvalue weighted by molar-refractivity contribution is -0.115. The summed E-state index contributed by atoms with van der Waals surface area (Å²) in [5, 5.41) is 2.78. The predicted molar refractivity (Wildman–Crippen MR) is 65.7 cm³/mol. The van der Waals surface area contributed by atoms with Crippen molar-refractivity contribution in [1.29, 1.82) is 0 Å². The highest BCUT2D eigenvalue weighted by molar-refractivity contribution is 5.90. The van der Waals surface area contributed by atoms with Crippen LogP contribution >= 0.6 is 0 Å². The number of anilines is 1. The predicted octanol–water partition coefficient (Wildman–Crippen LogP) is 2.99. The van der Waals surface area contributed by atoms with Crippen molar-refractivity contribution >= 4 is 11.6 Å². The quantitative estimate of drug-likeness (QED) is 0.773. The van der Waals surface area contributed by atoms with E-state index in [-0.39, 0.29) is 5.91 Å². The molecule has 3 heteroatoms. The van der Waals surface area contributed by atoms with Crippen molar-refractivity contribution in [2.75, 3.05) is 11.9 Å². The number of nitrogens with one attached hydrogen (secondary N) is 1. The molecule has 0 unspecified atom stereocenters. The average Bonchev–Trinajstić information content (AvgIpc) is 2.26. The second-order valence-corrected chi connectivity index (χ2v) is 3.68. The molecule has 0 saturated heterocycles. The Balaban J connectivity index is 2.63. The van der Waals surface area contributed by atoms with Gasteiger partial charge in [-0.25, -0.2) is 0 Å². The Labute approximate surface area is 96.1 Å². The SMILES string of the molecule is C=C(C)COc1cccc(NC(=O)CC)c1. The first-order chi connectivity index (χ1) is 7.61. The third-order valence-electron chi connectivity index (χ3n) is 1.92. The zero-order valence-electron chi connectivity index (χ0n) is 9.75. The van der Waals surface area contributed by atoms with Crippen molar-refractivity contribution in [3.63, 3.8) is 0 Å². The summed E-state index contributed by atoms with van der Waals surface area (Å²) in [6, 6.07) is 7.33. The number of carbonyl (C=O) groups excluding carboxylic acids is 1. The molecule has 1 N–H and O–H groups in total. The number of carbonyl (C=O) groups is 1. The normalized spacial score (nSPS) is 9.62. The van der Waals surface area contributed by atoms with Gasteiger partial charge in [0.05, 0.1) is 0 Å². The lowest BCUT2D eigenvalue weighted by Crippen LogP contribution is -2.09. The van der Waals surface area contributed by atoms with E-state index in [1.54, 1.807) is 6.07 Å². The molecule has 16 heavy (non-hydrogen) atoms. The highest BCUT2D eigenvalue weighted by Gasteiger charge is 2.00. The molecule has 1 amide bonds. The fourth-order valence-corrected chi connectivity index (χ4v) is 1.12. The summed E-state index contributed by atoms with van der Waals surface area (Å²) in [4.78, 5) is 11.2.